The molecule has 144 valence electrons. The summed E-state index contributed by atoms with van der Waals surface area (Å²) in [5.41, 5.74) is 0.887. The molecule has 0 fully saturated rings. The van der Waals surface area contributed by atoms with Gasteiger partial charge in [0.25, 0.3) is 5.91 Å². The molecule has 2 aromatic rings. The van der Waals surface area contributed by atoms with Gasteiger partial charge in [0.15, 0.2) is 5.76 Å². The molecule has 0 saturated carbocycles. The molecule has 0 atom stereocenters. The first kappa shape index (κ1) is 22.6. The summed E-state index contributed by atoms with van der Waals surface area (Å²) in [4.78, 5) is 14.7. The van der Waals surface area contributed by atoms with Crippen molar-refractivity contribution in [1.82, 2.24) is 10.2 Å². The van der Waals surface area contributed by atoms with E-state index in [9.17, 15) is 4.79 Å². The Morgan fingerprint density at radius 2 is 1.73 bits per heavy atom. The normalized spacial score (nSPS) is 11.3. The van der Waals surface area contributed by atoms with Crippen LogP contribution in [0.1, 0.15) is 38.2 Å². The standard InChI is InChI=1S/C20H27ClN2O2.ClH/c1-5-23(6-2)14-20(3,4)13-22-19(24)18-12-11-17(25-18)15-7-9-16(21)10-8-15;/h7-12H,5-6,13-14H2,1-4H3,(H,22,24);1H. The smallest absolute Gasteiger partial charge is 0.287 e. The van der Waals surface area contributed by atoms with Crippen LogP contribution in [0.3, 0.4) is 0 Å². The van der Waals surface area contributed by atoms with Gasteiger partial charge in [-0.05, 0) is 54.9 Å². The maximum atomic E-state index is 12.4. The average Bonchev–Trinajstić information content (AvgIpc) is 3.08. The number of carbonyl (C=O) groups excluding carboxylic acids is 1. The third-order valence-corrected chi connectivity index (χ3v) is 4.48. The molecular weight excluding hydrogens is 371 g/mol. The monoisotopic (exact) mass is 398 g/mol. The van der Waals surface area contributed by atoms with E-state index in [2.05, 4.69) is 37.9 Å². The summed E-state index contributed by atoms with van der Waals surface area (Å²) >= 11 is 5.90. The Labute approximate surface area is 167 Å². The Hall–Kier alpha value is -1.49. The highest BCUT2D eigenvalue weighted by Gasteiger charge is 2.22. The molecule has 0 aliphatic heterocycles. The molecule has 1 heterocycles. The second kappa shape index (κ2) is 10.0. The van der Waals surface area contributed by atoms with Crippen LogP contribution in [-0.2, 0) is 0 Å². The second-order valence-corrected chi connectivity index (χ2v) is 7.42. The van der Waals surface area contributed by atoms with Crippen molar-refractivity contribution in [3.8, 4) is 11.3 Å². The Balaban J connectivity index is 0.00000338. The van der Waals surface area contributed by atoms with Crippen LogP contribution in [0.25, 0.3) is 11.3 Å². The fourth-order valence-corrected chi connectivity index (χ4v) is 2.87. The van der Waals surface area contributed by atoms with E-state index >= 15 is 0 Å². The molecule has 1 amide bonds. The topological polar surface area (TPSA) is 45.5 Å². The zero-order chi connectivity index (χ0) is 18.4. The number of rotatable bonds is 8. The number of nitrogens with zero attached hydrogens (tertiary/aromatic N) is 1. The highest BCUT2D eigenvalue weighted by Crippen LogP contribution is 2.24. The number of amides is 1. The number of furan rings is 1. The molecule has 0 aliphatic rings. The molecule has 0 unspecified atom stereocenters. The fraction of sp³-hybridized carbons (Fsp3) is 0.450. The van der Waals surface area contributed by atoms with Crippen molar-refractivity contribution in [1.29, 1.82) is 0 Å². The molecule has 0 radical (unpaired) electrons. The minimum absolute atomic E-state index is 0. The van der Waals surface area contributed by atoms with Crippen LogP contribution in [0.4, 0.5) is 0 Å². The molecule has 1 aromatic carbocycles. The number of hydrogen-bond acceptors (Lipinski definition) is 3. The van der Waals surface area contributed by atoms with Gasteiger partial charge in [-0.2, -0.15) is 0 Å². The largest absolute Gasteiger partial charge is 0.451 e. The lowest BCUT2D eigenvalue weighted by Crippen LogP contribution is -2.42. The number of nitrogens with one attached hydrogen (secondary N) is 1. The highest BCUT2D eigenvalue weighted by molar-refractivity contribution is 6.30. The highest BCUT2D eigenvalue weighted by atomic mass is 35.5. The first-order valence-electron chi connectivity index (χ1n) is 8.71. The molecule has 2 rings (SSSR count). The van der Waals surface area contributed by atoms with Crippen molar-refractivity contribution < 1.29 is 9.21 Å². The van der Waals surface area contributed by atoms with Crippen LogP contribution >= 0.6 is 24.0 Å². The molecule has 0 spiro atoms. The van der Waals surface area contributed by atoms with Crippen molar-refractivity contribution in [2.75, 3.05) is 26.2 Å². The zero-order valence-electron chi connectivity index (χ0n) is 15.8. The number of hydrogen-bond donors (Lipinski definition) is 1. The van der Waals surface area contributed by atoms with Gasteiger partial charge in [0.2, 0.25) is 0 Å². The Morgan fingerprint density at radius 3 is 2.31 bits per heavy atom. The summed E-state index contributed by atoms with van der Waals surface area (Å²) in [6.45, 7) is 12.2. The fourth-order valence-electron chi connectivity index (χ4n) is 2.74. The van der Waals surface area contributed by atoms with Gasteiger partial charge in [0, 0.05) is 23.7 Å². The SMILES string of the molecule is CCN(CC)CC(C)(C)CNC(=O)c1ccc(-c2ccc(Cl)cc2)o1.Cl. The number of benzene rings is 1. The lowest BCUT2D eigenvalue weighted by Gasteiger charge is -2.31. The molecule has 1 N–H and O–H groups in total. The van der Waals surface area contributed by atoms with Crippen LogP contribution < -0.4 is 5.32 Å². The lowest BCUT2D eigenvalue weighted by molar-refractivity contribution is 0.0897. The first-order chi connectivity index (χ1) is 11.8. The van der Waals surface area contributed by atoms with Crippen molar-refractivity contribution in [3.05, 3.63) is 47.2 Å². The van der Waals surface area contributed by atoms with Gasteiger partial charge in [0.05, 0.1) is 0 Å². The van der Waals surface area contributed by atoms with Crippen molar-refractivity contribution in [2.24, 2.45) is 5.41 Å². The van der Waals surface area contributed by atoms with E-state index in [4.69, 9.17) is 16.0 Å². The van der Waals surface area contributed by atoms with Crippen LogP contribution in [-0.4, -0.2) is 37.0 Å². The van der Waals surface area contributed by atoms with Gasteiger partial charge in [-0.15, -0.1) is 12.4 Å². The maximum absolute atomic E-state index is 12.4. The summed E-state index contributed by atoms with van der Waals surface area (Å²) in [6.07, 6.45) is 0. The van der Waals surface area contributed by atoms with E-state index in [0.717, 1.165) is 25.2 Å². The third kappa shape index (κ3) is 6.35. The molecule has 1 aromatic heterocycles. The van der Waals surface area contributed by atoms with Crippen LogP contribution in [0.5, 0.6) is 0 Å². The minimum Gasteiger partial charge on any atom is -0.451 e. The van der Waals surface area contributed by atoms with Gasteiger partial charge in [-0.25, -0.2) is 0 Å². The van der Waals surface area contributed by atoms with Crippen molar-refractivity contribution in [2.45, 2.75) is 27.7 Å². The van der Waals surface area contributed by atoms with Crippen molar-refractivity contribution in [3.63, 3.8) is 0 Å². The summed E-state index contributed by atoms with van der Waals surface area (Å²) in [6, 6.07) is 10.9. The minimum atomic E-state index is -0.187. The van der Waals surface area contributed by atoms with E-state index in [-0.39, 0.29) is 23.7 Å². The Morgan fingerprint density at radius 1 is 1.12 bits per heavy atom. The molecule has 6 heteroatoms. The predicted octanol–water partition coefficient (Wildman–Crippen LogP) is 5.12. The molecule has 4 nitrogen and oxygen atoms in total. The summed E-state index contributed by atoms with van der Waals surface area (Å²) in [7, 11) is 0. The van der Waals surface area contributed by atoms with E-state index in [1.54, 1.807) is 24.3 Å². The number of carbonyl (C=O) groups is 1. The van der Waals surface area contributed by atoms with Gasteiger partial charge < -0.3 is 14.6 Å². The molecule has 26 heavy (non-hydrogen) atoms. The van der Waals surface area contributed by atoms with Crippen LogP contribution in [0, 0.1) is 5.41 Å². The Bertz CT molecular complexity index is 692. The summed E-state index contributed by atoms with van der Waals surface area (Å²) in [5.74, 6) is 0.792. The maximum Gasteiger partial charge on any atom is 0.287 e. The van der Waals surface area contributed by atoms with E-state index in [1.807, 2.05) is 12.1 Å². The van der Waals surface area contributed by atoms with Gasteiger partial charge in [-0.3, -0.25) is 4.79 Å². The molecule has 0 saturated heterocycles. The van der Waals surface area contributed by atoms with Crippen LogP contribution in [0.2, 0.25) is 5.02 Å². The molecule has 0 bridgehead atoms. The summed E-state index contributed by atoms with van der Waals surface area (Å²) in [5, 5.41) is 3.66. The van der Waals surface area contributed by atoms with Crippen LogP contribution in [0.15, 0.2) is 40.8 Å². The van der Waals surface area contributed by atoms with Gasteiger partial charge in [0.1, 0.15) is 5.76 Å². The van der Waals surface area contributed by atoms with Gasteiger partial charge in [-0.1, -0.05) is 39.3 Å². The summed E-state index contributed by atoms with van der Waals surface area (Å²) < 4.78 is 5.69. The average molecular weight is 399 g/mol. The molecule has 0 aliphatic carbocycles. The zero-order valence-corrected chi connectivity index (χ0v) is 17.4. The van der Waals surface area contributed by atoms with E-state index < -0.39 is 0 Å². The molecular formula is C20H28Cl2N2O2. The third-order valence-electron chi connectivity index (χ3n) is 4.23. The van der Waals surface area contributed by atoms with E-state index in [1.165, 1.54) is 0 Å². The lowest BCUT2D eigenvalue weighted by atomic mass is 9.92. The Kier molecular flexibility index (Phi) is 8.68. The second-order valence-electron chi connectivity index (χ2n) is 6.98. The predicted molar refractivity (Wildman–Crippen MR) is 110 cm³/mol. The first-order valence-corrected chi connectivity index (χ1v) is 9.08. The quantitative estimate of drug-likeness (QED) is 0.670. The van der Waals surface area contributed by atoms with Gasteiger partial charge >= 0.3 is 0 Å². The number of halogens is 2. The van der Waals surface area contributed by atoms with E-state index in [0.29, 0.717) is 23.1 Å². The van der Waals surface area contributed by atoms with Crippen molar-refractivity contribution >= 4 is 29.9 Å².